The van der Waals surface area contributed by atoms with E-state index < -0.39 is 0 Å². The Balaban J connectivity index is 2.12. The van der Waals surface area contributed by atoms with Crippen LogP contribution < -0.4 is 5.73 Å². The normalized spacial score (nSPS) is 23.8. The molecule has 0 spiro atoms. The Bertz CT molecular complexity index is 453. The summed E-state index contributed by atoms with van der Waals surface area (Å²) in [6.07, 6.45) is 5.07. The minimum absolute atomic E-state index is 0.482. The molecule has 2 N–H and O–H groups in total. The summed E-state index contributed by atoms with van der Waals surface area (Å²) < 4.78 is 2.01. The highest BCUT2D eigenvalue weighted by molar-refractivity contribution is 9.11. The second-order valence-corrected chi connectivity index (χ2v) is 7.73. The monoisotopic (exact) mass is 406 g/mol. The first-order valence-electron chi connectivity index (χ1n) is 6.60. The molecule has 0 unspecified atom stereocenters. The first kappa shape index (κ1) is 15.7. The van der Waals surface area contributed by atoms with E-state index in [1.807, 2.05) is 6.07 Å². The lowest BCUT2D eigenvalue weighted by Crippen LogP contribution is -2.40. The van der Waals surface area contributed by atoms with Crippen molar-refractivity contribution in [3.05, 3.63) is 26.6 Å². The first-order valence-corrected chi connectivity index (χ1v) is 8.71. The van der Waals surface area contributed by atoms with Crippen molar-refractivity contribution in [2.24, 2.45) is 0 Å². The van der Waals surface area contributed by atoms with Crippen LogP contribution in [0, 0.1) is 0 Å². The largest absolute Gasteiger partial charge is 0.398 e. The van der Waals surface area contributed by atoms with Crippen molar-refractivity contribution >= 4 is 50.2 Å². The Kier molecular flexibility index (Phi) is 5.64. The minimum Gasteiger partial charge on any atom is -0.398 e. The van der Waals surface area contributed by atoms with Gasteiger partial charge < -0.3 is 5.73 Å². The molecule has 0 saturated heterocycles. The number of anilines is 1. The smallest absolute Gasteiger partial charge is 0.0504 e. The predicted octanol–water partition coefficient (Wildman–Crippen LogP) is 4.47. The van der Waals surface area contributed by atoms with Gasteiger partial charge in [0.25, 0.3) is 0 Å². The van der Waals surface area contributed by atoms with Gasteiger partial charge in [0.1, 0.15) is 0 Å². The molecular formula is C14H20Br2N2S. The second-order valence-electron chi connectivity index (χ2n) is 5.29. The molecule has 1 saturated carbocycles. The molecule has 0 heterocycles. The van der Waals surface area contributed by atoms with Crippen LogP contribution in [0.4, 0.5) is 5.69 Å². The SMILES string of the molecule is CN(Cc1cc(Br)cc(Br)c1N)[C@@H]1CCCC[C@H]1S. The summed E-state index contributed by atoms with van der Waals surface area (Å²) in [5, 5.41) is 0.482. The van der Waals surface area contributed by atoms with E-state index in [4.69, 9.17) is 18.4 Å². The second kappa shape index (κ2) is 6.83. The highest BCUT2D eigenvalue weighted by Crippen LogP contribution is 2.31. The molecule has 5 heteroatoms. The zero-order valence-electron chi connectivity index (χ0n) is 11.1. The lowest BCUT2D eigenvalue weighted by atomic mass is 9.93. The molecule has 2 nitrogen and oxygen atoms in total. The van der Waals surface area contributed by atoms with Crippen LogP contribution in [0.2, 0.25) is 0 Å². The zero-order valence-corrected chi connectivity index (χ0v) is 15.1. The molecule has 1 aliphatic carbocycles. The van der Waals surface area contributed by atoms with Gasteiger partial charge in [0.05, 0.1) is 5.69 Å². The summed E-state index contributed by atoms with van der Waals surface area (Å²) in [5.74, 6) is 0. The number of hydrogen-bond acceptors (Lipinski definition) is 3. The Morgan fingerprint density at radius 3 is 2.68 bits per heavy atom. The number of hydrogen-bond donors (Lipinski definition) is 2. The van der Waals surface area contributed by atoms with E-state index >= 15 is 0 Å². The standard InChI is InChI=1S/C14H20Br2N2S/c1-18(12-4-2-3-5-13(12)19)8-9-6-10(15)7-11(16)14(9)17/h6-7,12-13,19H,2-5,8,17H2,1H3/t12-,13-/m1/s1. The van der Waals surface area contributed by atoms with Crippen LogP contribution >= 0.6 is 44.5 Å². The van der Waals surface area contributed by atoms with Gasteiger partial charge in [-0.1, -0.05) is 28.8 Å². The quantitative estimate of drug-likeness (QED) is 0.571. The zero-order chi connectivity index (χ0) is 14.0. The van der Waals surface area contributed by atoms with Gasteiger partial charge in [0.15, 0.2) is 0 Å². The lowest BCUT2D eigenvalue weighted by molar-refractivity contribution is 0.192. The van der Waals surface area contributed by atoms with Crippen molar-refractivity contribution in [2.45, 2.75) is 43.5 Å². The highest BCUT2D eigenvalue weighted by Gasteiger charge is 2.26. The molecular weight excluding hydrogens is 388 g/mol. The van der Waals surface area contributed by atoms with Gasteiger partial charge in [-0.15, -0.1) is 0 Å². The fourth-order valence-electron chi connectivity index (χ4n) is 2.76. The molecule has 0 aliphatic heterocycles. The number of nitrogen functional groups attached to an aromatic ring is 1. The molecule has 19 heavy (non-hydrogen) atoms. The predicted molar refractivity (Wildman–Crippen MR) is 92.8 cm³/mol. The number of thiol groups is 1. The van der Waals surface area contributed by atoms with Crippen LogP contribution in [0.1, 0.15) is 31.2 Å². The molecule has 1 aromatic carbocycles. The van der Waals surface area contributed by atoms with Crippen molar-refractivity contribution in [3.63, 3.8) is 0 Å². The number of nitrogens with zero attached hydrogens (tertiary/aromatic N) is 1. The van der Waals surface area contributed by atoms with E-state index in [1.165, 1.54) is 25.7 Å². The maximum absolute atomic E-state index is 6.15. The van der Waals surface area contributed by atoms with E-state index in [0.29, 0.717) is 11.3 Å². The van der Waals surface area contributed by atoms with E-state index in [2.05, 4.69) is 49.9 Å². The Hall–Kier alpha value is 0.290. The number of benzene rings is 1. The molecule has 2 atom stereocenters. The summed E-state index contributed by atoms with van der Waals surface area (Å²) >= 11 is 11.8. The van der Waals surface area contributed by atoms with Crippen LogP contribution in [0.25, 0.3) is 0 Å². The lowest BCUT2D eigenvalue weighted by Gasteiger charge is -2.36. The Morgan fingerprint density at radius 1 is 1.32 bits per heavy atom. The molecule has 0 radical (unpaired) electrons. The van der Waals surface area contributed by atoms with Crippen molar-refractivity contribution < 1.29 is 0 Å². The molecule has 1 aromatic rings. The van der Waals surface area contributed by atoms with Gasteiger partial charge in [-0.3, -0.25) is 4.90 Å². The van der Waals surface area contributed by atoms with Gasteiger partial charge >= 0.3 is 0 Å². The fourth-order valence-corrected chi connectivity index (χ4v) is 4.63. The first-order chi connectivity index (χ1) is 8.99. The maximum atomic E-state index is 6.15. The fraction of sp³-hybridized carbons (Fsp3) is 0.571. The van der Waals surface area contributed by atoms with Gasteiger partial charge in [-0.2, -0.15) is 12.6 Å². The molecule has 0 amide bonds. The van der Waals surface area contributed by atoms with E-state index in [0.717, 1.165) is 26.7 Å². The molecule has 0 bridgehead atoms. The summed E-state index contributed by atoms with van der Waals surface area (Å²) in [7, 11) is 2.17. The minimum atomic E-state index is 0.482. The van der Waals surface area contributed by atoms with Crippen LogP contribution in [0.5, 0.6) is 0 Å². The van der Waals surface area contributed by atoms with Crippen molar-refractivity contribution in [2.75, 3.05) is 12.8 Å². The van der Waals surface area contributed by atoms with E-state index in [-0.39, 0.29) is 0 Å². The van der Waals surface area contributed by atoms with Gasteiger partial charge in [-0.05, 0) is 53.5 Å². The van der Waals surface area contributed by atoms with E-state index in [9.17, 15) is 0 Å². The summed E-state index contributed by atoms with van der Waals surface area (Å²) in [6, 6.07) is 4.64. The molecule has 1 fully saturated rings. The third-order valence-electron chi connectivity index (χ3n) is 3.86. The van der Waals surface area contributed by atoms with Crippen molar-refractivity contribution in [1.29, 1.82) is 0 Å². The number of halogens is 2. The molecule has 2 rings (SSSR count). The molecule has 106 valence electrons. The van der Waals surface area contributed by atoms with E-state index in [1.54, 1.807) is 0 Å². The topological polar surface area (TPSA) is 29.3 Å². The van der Waals surface area contributed by atoms with Crippen LogP contribution in [-0.2, 0) is 6.54 Å². The molecule has 1 aliphatic rings. The number of nitrogens with two attached hydrogens (primary N) is 1. The third kappa shape index (κ3) is 3.90. The average molecular weight is 408 g/mol. The van der Waals surface area contributed by atoms with Crippen LogP contribution in [0.3, 0.4) is 0 Å². The van der Waals surface area contributed by atoms with Crippen molar-refractivity contribution in [3.8, 4) is 0 Å². The molecule has 0 aromatic heterocycles. The van der Waals surface area contributed by atoms with Crippen LogP contribution in [-0.4, -0.2) is 23.2 Å². The highest BCUT2D eigenvalue weighted by atomic mass is 79.9. The Morgan fingerprint density at radius 2 is 2.00 bits per heavy atom. The third-order valence-corrected chi connectivity index (χ3v) is 5.58. The number of rotatable bonds is 3. The Labute approximate surface area is 137 Å². The summed E-state index contributed by atoms with van der Waals surface area (Å²) in [6.45, 7) is 0.867. The maximum Gasteiger partial charge on any atom is 0.0504 e. The summed E-state index contributed by atoms with van der Waals surface area (Å²) in [4.78, 5) is 2.39. The van der Waals surface area contributed by atoms with Crippen molar-refractivity contribution in [1.82, 2.24) is 4.90 Å². The van der Waals surface area contributed by atoms with Gasteiger partial charge in [0, 0.05) is 26.8 Å². The van der Waals surface area contributed by atoms with Crippen LogP contribution in [0.15, 0.2) is 21.1 Å². The average Bonchev–Trinajstić information content (AvgIpc) is 2.35. The van der Waals surface area contributed by atoms with Gasteiger partial charge in [0.2, 0.25) is 0 Å². The van der Waals surface area contributed by atoms with Gasteiger partial charge in [-0.25, -0.2) is 0 Å². The summed E-state index contributed by atoms with van der Waals surface area (Å²) in [5.41, 5.74) is 8.15.